The van der Waals surface area contributed by atoms with E-state index in [1.807, 2.05) is 0 Å². The molecule has 1 fully saturated rings. The fourth-order valence-corrected chi connectivity index (χ4v) is 2.84. The zero-order valence-electron chi connectivity index (χ0n) is 12.3. The SMILES string of the molecule is CC(N)CCCC(C)CN1CCC(C)C(C)C1. The molecule has 0 aliphatic carbocycles. The van der Waals surface area contributed by atoms with Crippen LogP contribution in [0.15, 0.2) is 0 Å². The average Bonchev–Trinajstić information content (AvgIpc) is 2.23. The van der Waals surface area contributed by atoms with Crippen LogP contribution in [0.5, 0.6) is 0 Å². The quantitative estimate of drug-likeness (QED) is 0.773. The van der Waals surface area contributed by atoms with Gasteiger partial charge < -0.3 is 10.6 Å². The van der Waals surface area contributed by atoms with Crippen LogP contribution >= 0.6 is 0 Å². The smallest absolute Gasteiger partial charge is 0.00104 e. The molecule has 0 saturated carbocycles. The normalized spacial score (nSPS) is 30.2. The van der Waals surface area contributed by atoms with Gasteiger partial charge in [0.05, 0.1) is 0 Å². The van der Waals surface area contributed by atoms with Crippen LogP contribution in [0.2, 0.25) is 0 Å². The number of likely N-dealkylation sites (tertiary alicyclic amines) is 1. The lowest BCUT2D eigenvalue weighted by Crippen LogP contribution is -2.40. The highest BCUT2D eigenvalue weighted by atomic mass is 15.1. The van der Waals surface area contributed by atoms with Crippen LogP contribution in [-0.4, -0.2) is 30.6 Å². The van der Waals surface area contributed by atoms with Crippen LogP contribution in [0.1, 0.15) is 53.4 Å². The standard InChI is InChI=1S/C15H32N2/c1-12(6-5-7-15(4)16)10-17-9-8-13(2)14(3)11-17/h12-15H,5-11,16H2,1-4H3. The lowest BCUT2D eigenvalue weighted by atomic mass is 9.88. The van der Waals surface area contributed by atoms with E-state index in [4.69, 9.17) is 5.73 Å². The molecule has 0 aromatic carbocycles. The minimum Gasteiger partial charge on any atom is -0.328 e. The topological polar surface area (TPSA) is 29.3 Å². The first-order valence-electron chi connectivity index (χ1n) is 7.47. The molecule has 1 saturated heterocycles. The van der Waals surface area contributed by atoms with Crippen molar-refractivity contribution in [2.75, 3.05) is 19.6 Å². The molecule has 0 radical (unpaired) electrons. The lowest BCUT2D eigenvalue weighted by molar-refractivity contribution is 0.121. The summed E-state index contributed by atoms with van der Waals surface area (Å²) in [4.78, 5) is 2.67. The third-order valence-electron chi connectivity index (χ3n) is 4.34. The van der Waals surface area contributed by atoms with Crippen molar-refractivity contribution in [1.82, 2.24) is 4.90 Å². The molecule has 2 heteroatoms. The third kappa shape index (κ3) is 5.87. The van der Waals surface area contributed by atoms with Gasteiger partial charge in [0.1, 0.15) is 0 Å². The Kier molecular flexibility index (Phi) is 6.50. The Hall–Kier alpha value is -0.0800. The van der Waals surface area contributed by atoms with Crippen molar-refractivity contribution in [2.45, 2.75) is 59.4 Å². The van der Waals surface area contributed by atoms with Crippen molar-refractivity contribution in [1.29, 1.82) is 0 Å². The predicted octanol–water partition coefficient (Wildman–Crippen LogP) is 3.12. The van der Waals surface area contributed by atoms with Gasteiger partial charge in [0, 0.05) is 19.1 Å². The molecule has 2 nitrogen and oxygen atoms in total. The van der Waals surface area contributed by atoms with E-state index in [0.29, 0.717) is 6.04 Å². The lowest BCUT2D eigenvalue weighted by Gasteiger charge is -2.36. The molecule has 0 aromatic rings. The Labute approximate surface area is 108 Å². The first kappa shape index (κ1) is 15.0. The van der Waals surface area contributed by atoms with Crippen LogP contribution in [0.25, 0.3) is 0 Å². The summed E-state index contributed by atoms with van der Waals surface area (Å²) in [6.07, 6.45) is 5.19. The minimum absolute atomic E-state index is 0.373. The predicted molar refractivity (Wildman–Crippen MR) is 76.0 cm³/mol. The van der Waals surface area contributed by atoms with Gasteiger partial charge >= 0.3 is 0 Å². The summed E-state index contributed by atoms with van der Waals surface area (Å²) in [5.41, 5.74) is 5.79. The Morgan fingerprint density at radius 1 is 1.18 bits per heavy atom. The van der Waals surface area contributed by atoms with E-state index in [1.165, 1.54) is 45.3 Å². The highest BCUT2D eigenvalue weighted by Gasteiger charge is 2.23. The van der Waals surface area contributed by atoms with E-state index in [2.05, 4.69) is 32.6 Å². The summed E-state index contributed by atoms with van der Waals surface area (Å²) in [5, 5.41) is 0. The number of rotatable bonds is 6. The van der Waals surface area contributed by atoms with Gasteiger partial charge in [-0.3, -0.25) is 0 Å². The molecule has 0 spiro atoms. The molecule has 0 bridgehead atoms. The van der Waals surface area contributed by atoms with Crippen LogP contribution < -0.4 is 5.73 Å². The molecular weight excluding hydrogens is 208 g/mol. The zero-order chi connectivity index (χ0) is 12.8. The van der Waals surface area contributed by atoms with Crippen molar-refractivity contribution in [3.8, 4) is 0 Å². The van der Waals surface area contributed by atoms with Crippen LogP contribution in [0.3, 0.4) is 0 Å². The zero-order valence-corrected chi connectivity index (χ0v) is 12.3. The maximum Gasteiger partial charge on any atom is 0.00104 e. The number of hydrogen-bond donors (Lipinski definition) is 1. The molecule has 4 unspecified atom stereocenters. The second kappa shape index (κ2) is 7.38. The summed E-state index contributed by atoms with van der Waals surface area (Å²) in [6.45, 7) is 13.2. The van der Waals surface area contributed by atoms with E-state index in [1.54, 1.807) is 0 Å². The molecule has 2 N–H and O–H groups in total. The van der Waals surface area contributed by atoms with E-state index < -0.39 is 0 Å². The molecule has 1 heterocycles. The molecule has 0 amide bonds. The van der Waals surface area contributed by atoms with Crippen LogP contribution in [0.4, 0.5) is 0 Å². The highest BCUT2D eigenvalue weighted by molar-refractivity contribution is 4.76. The van der Waals surface area contributed by atoms with E-state index in [0.717, 1.165) is 17.8 Å². The van der Waals surface area contributed by atoms with Gasteiger partial charge in [0.25, 0.3) is 0 Å². The average molecular weight is 240 g/mol. The second-order valence-electron chi connectivity index (χ2n) is 6.52. The molecule has 17 heavy (non-hydrogen) atoms. The summed E-state index contributed by atoms with van der Waals surface area (Å²) in [7, 11) is 0. The fourth-order valence-electron chi connectivity index (χ4n) is 2.84. The molecule has 0 aromatic heterocycles. The van der Waals surface area contributed by atoms with Gasteiger partial charge in [-0.15, -0.1) is 0 Å². The van der Waals surface area contributed by atoms with Crippen molar-refractivity contribution in [2.24, 2.45) is 23.5 Å². The first-order valence-corrected chi connectivity index (χ1v) is 7.47. The molecule has 4 atom stereocenters. The number of nitrogens with zero attached hydrogens (tertiary/aromatic N) is 1. The van der Waals surface area contributed by atoms with Crippen LogP contribution in [-0.2, 0) is 0 Å². The monoisotopic (exact) mass is 240 g/mol. The largest absolute Gasteiger partial charge is 0.328 e. The maximum atomic E-state index is 5.79. The van der Waals surface area contributed by atoms with Crippen molar-refractivity contribution < 1.29 is 0 Å². The minimum atomic E-state index is 0.373. The summed E-state index contributed by atoms with van der Waals surface area (Å²) >= 11 is 0. The number of nitrogens with two attached hydrogens (primary N) is 1. The Morgan fingerprint density at radius 3 is 2.47 bits per heavy atom. The Balaban J connectivity index is 2.15. The maximum absolute atomic E-state index is 5.79. The second-order valence-corrected chi connectivity index (χ2v) is 6.52. The van der Waals surface area contributed by atoms with E-state index in [-0.39, 0.29) is 0 Å². The Bertz CT molecular complexity index is 203. The molecule has 1 rings (SSSR count). The summed E-state index contributed by atoms with van der Waals surface area (Å²) < 4.78 is 0. The third-order valence-corrected chi connectivity index (χ3v) is 4.34. The van der Waals surface area contributed by atoms with Gasteiger partial charge in [-0.2, -0.15) is 0 Å². The highest BCUT2D eigenvalue weighted by Crippen LogP contribution is 2.23. The molecule has 102 valence electrons. The molecule has 1 aliphatic heterocycles. The fraction of sp³-hybridized carbons (Fsp3) is 1.00. The number of piperidine rings is 1. The van der Waals surface area contributed by atoms with Gasteiger partial charge in [-0.05, 0) is 50.5 Å². The summed E-state index contributed by atoms with van der Waals surface area (Å²) in [5.74, 6) is 2.62. The van der Waals surface area contributed by atoms with Crippen molar-refractivity contribution in [3.05, 3.63) is 0 Å². The first-order chi connectivity index (χ1) is 7.99. The van der Waals surface area contributed by atoms with Crippen molar-refractivity contribution >= 4 is 0 Å². The van der Waals surface area contributed by atoms with Crippen molar-refractivity contribution in [3.63, 3.8) is 0 Å². The van der Waals surface area contributed by atoms with E-state index >= 15 is 0 Å². The van der Waals surface area contributed by atoms with E-state index in [9.17, 15) is 0 Å². The number of hydrogen-bond acceptors (Lipinski definition) is 2. The van der Waals surface area contributed by atoms with Gasteiger partial charge in [-0.1, -0.05) is 27.2 Å². The molecule has 1 aliphatic rings. The van der Waals surface area contributed by atoms with Gasteiger partial charge in [0.15, 0.2) is 0 Å². The van der Waals surface area contributed by atoms with Crippen LogP contribution in [0, 0.1) is 17.8 Å². The van der Waals surface area contributed by atoms with Gasteiger partial charge in [0.2, 0.25) is 0 Å². The summed E-state index contributed by atoms with van der Waals surface area (Å²) in [6, 6.07) is 0.373. The van der Waals surface area contributed by atoms with Gasteiger partial charge in [-0.25, -0.2) is 0 Å². The molecular formula is C15H32N2. The Morgan fingerprint density at radius 2 is 1.88 bits per heavy atom.